The first-order valence-corrected chi connectivity index (χ1v) is 7.71. The number of amides is 1. The van der Waals surface area contributed by atoms with E-state index < -0.39 is 5.54 Å². The van der Waals surface area contributed by atoms with Crippen LogP contribution < -0.4 is 10.1 Å². The Morgan fingerprint density at radius 3 is 2.57 bits per heavy atom. The van der Waals surface area contributed by atoms with E-state index >= 15 is 0 Å². The van der Waals surface area contributed by atoms with Gasteiger partial charge in [0.1, 0.15) is 5.75 Å². The van der Waals surface area contributed by atoms with E-state index in [4.69, 9.17) is 4.74 Å². The predicted octanol–water partition coefficient (Wildman–Crippen LogP) is 2.30. The minimum absolute atomic E-state index is 0.00641. The van der Waals surface area contributed by atoms with E-state index in [2.05, 4.69) is 5.32 Å². The summed E-state index contributed by atoms with van der Waals surface area (Å²) in [6.07, 6.45) is 3.33. The standard InChI is InChI=1S/C17H25NO3/c1-3-21-15-9-4-13(5-10-15)6-11-16(20)18-17(2,12-19)14-7-8-14/h4-5,9-10,14,19H,3,6-8,11-12H2,1-2H3,(H,18,20). The van der Waals surface area contributed by atoms with Crippen LogP contribution in [0, 0.1) is 5.92 Å². The Hall–Kier alpha value is -1.55. The molecular weight excluding hydrogens is 266 g/mol. The molecule has 1 atom stereocenters. The largest absolute Gasteiger partial charge is 0.494 e. The molecule has 21 heavy (non-hydrogen) atoms. The Morgan fingerprint density at radius 2 is 2.05 bits per heavy atom. The predicted molar refractivity (Wildman–Crippen MR) is 82.3 cm³/mol. The van der Waals surface area contributed by atoms with Gasteiger partial charge in [-0.2, -0.15) is 0 Å². The van der Waals surface area contributed by atoms with Crippen LogP contribution in [0.15, 0.2) is 24.3 Å². The van der Waals surface area contributed by atoms with Crippen molar-refractivity contribution in [3.8, 4) is 5.75 Å². The Kier molecular flexibility index (Phi) is 5.23. The first kappa shape index (κ1) is 15.8. The molecule has 0 spiro atoms. The minimum atomic E-state index is -0.449. The van der Waals surface area contributed by atoms with Gasteiger partial charge in [-0.05, 0) is 56.7 Å². The summed E-state index contributed by atoms with van der Waals surface area (Å²) in [7, 11) is 0. The van der Waals surface area contributed by atoms with Gasteiger partial charge in [-0.3, -0.25) is 4.79 Å². The van der Waals surface area contributed by atoms with Crippen molar-refractivity contribution in [3.63, 3.8) is 0 Å². The van der Waals surface area contributed by atoms with E-state index in [1.165, 1.54) is 0 Å². The summed E-state index contributed by atoms with van der Waals surface area (Å²) in [6, 6.07) is 7.84. The Labute approximate surface area is 126 Å². The highest BCUT2D eigenvalue weighted by Gasteiger charge is 2.41. The van der Waals surface area contributed by atoms with Crippen LogP contribution in [0.4, 0.5) is 0 Å². The number of aliphatic hydroxyl groups is 1. The molecule has 0 aliphatic heterocycles. The van der Waals surface area contributed by atoms with Gasteiger partial charge in [0.05, 0.1) is 18.8 Å². The summed E-state index contributed by atoms with van der Waals surface area (Å²) in [5, 5.41) is 12.5. The topological polar surface area (TPSA) is 58.6 Å². The maximum Gasteiger partial charge on any atom is 0.220 e. The van der Waals surface area contributed by atoms with Crippen molar-refractivity contribution < 1.29 is 14.6 Å². The van der Waals surface area contributed by atoms with Crippen molar-refractivity contribution in [2.24, 2.45) is 5.92 Å². The lowest BCUT2D eigenvalue weighted by atomic mass is 9.96. The fraction of sp³-hybridized carbons (Fsp3) is 0.588. The minimum Gasteiger partial charge on any atom is -0.494 e. The van der Waals surface area contributed by atoms with E-state index in [1.807, 2.05) is 38.1 Å². The smallest absolute Gasteiger partial charge is 0.220 e. The van der Waals surface area contributed by atoms with Crippen LogP contribution in [0.1, 0.15) is 38.7 Å². The quantitative estimate of drug-likeness (QED) is 0.772. The van der Waals surface area contributed by atoms with Crippen LogP contribution in [0.3, 0.4) is 0 Å². The van der Waals surface area contributed by atoms with Gasteiger partial charge in [0, 0.05) is 6.42 Å². The van der Waals surface area contributed by atoms with Crippen LogP contribution in [0.2, 0.25) is 0 Å². The van der Waals surface area contributed by atoms with Crippen molar-refractivity contribution in [2.45, 2.75) is 45.1 Å². The normalized spacial score (nSPS) is 17.1. The van der Waals surface area contributed by atoms with Crippen molar-refractivity contribution in [1.29, 1.82) is 0 Å². The van der Waals surface area contributed by atoms with Crippen molar-refractivity contribution in [3.05, 3.63) is 29.8 Å². The zero-order valence-electron chi connectivity index (χ0n) is 12.9. The molecule has 1 aliphatic carbocycles. The molecule has 0 heterocycles. The molecule has 0 radical (unpaired) electrons. The number of nitrogens with one attached hydrogen (secondary N) is 1. The molecule has 1 unspecified atom stereocenters. The zero-order valence-corrected chi connectivity index (χ0v) is 12.9. The van der Waals surface area contributed by atoms with Crippen molar-refractivity contribution in [2.75, 3.05) is 13.2 Å². The number of aliphatic hydroxyl groups excluding tert-OH is 1. The van der Waals surface area contributed by atoms with Gasteiger partial charge in [-0.15, -0.1) is 0 Å². The molecule has 1 fully saturated rings. The molecular formula is C17H25NO3. The van der Waals surface area contributed by atoms with Crippen LogP contribution in [-0.4, -0.2) is 29.8 Å². The number of rotatable bonds is 8. The summed E-state index contributed by atoms with van der Waals surface area (Å²) >= 11 is 0. The lowest BCUT2D eigenvalue weighted by Gasteiger charge is -2.28. The van der Waals surface area contributed by atoms with Crippen molar-refractivity contribution >= 4 is 5.91 Å². The fourth-order valence-electron chi connectivity index (χ4n) is 2.55. The van der Waals surface area contributed by atoms with E-state index in [1.54, 1.807) is 0 Å². The number of benzene rings is 1. The molecule has 0 bridgehead atoms. The molecule has 4 nitrogen and oxygen atoms in total. The second kappa shape index (κ2) is 6.94. The number of ether oxygens (including phenoxy) is 1. The molecule has 1 aliphatic rings. The van der Waals surface area contributed by atoms with Gasteiger partial charge < -0.3 is 15.2 Å². The molecule has 1 aromatic carbocycles. The first-order valence-electron chi connectivity index (χ1n) is 7.71. The van der Waals surface area contributed by atoms with Crippen LogP contribution in [-0.2, 0) is 11.2 Å². The molecule has 1 saturated carbocycles. The Bertz CT molecular complexity index is 467. The number of carbonyl (C=O) groups excluding carboxylic acids is 1. The highest BCUT2D eigenvalue weighted by Crippen LogP contribution is 2.39. The highest BCUT2D eigenvalue weighted by atomic mass is 16.5. The lowest BCUT2D eigenvalue weighted by Crippen LogP contribution is -2.50. The van der Waals surface area contributed by atoms with Gasteiger partial charge in [0.25, 0.3) is 0 Å². The van der Waals surface area contributed by atoms with E-state index in [0.29, 0.717) is 25.4 Å². The zero-order chi connectivity index (χ0) is 15.3. The summed E-state index contributed by atoms with van der Waals surface area (Å²) in [6.45, 7) is 4.55. The molecule has 2 N–H and O–H groups in total. The number of hydrogen-bond donors (Lipinski definition) is 2. The molecule has 0 saturated heterocycles. The summed E-state index contributed by atoms with van der Waals surface area (Å²) in [4.78, 5) is 12.0. The van der Waals surface area contributed by atoms with Gasteiger partial charge in [-0.25, -0.2) is 0 Å². The Morgan fingerprint density at radius 1 is 1.38 bits per heavy atom. The third-order valence-electron chi connectivity index (χ3n) is 4.11. The Balaban J connectivity index is 1.80. The molecule has 1 aromatic rings. The number of hydrogen-bond acceptors (Lipinski definition) is 3. The molecule has 4 heteroatoms. The summed E-state index contributed by atoms with van der Waals surface area (Å²) in [5.41, 5.74) is 0.668. The third-order valence-corrected chi connectivity index (χ3v) is 4.11. The molecule has 2 rings (SSSR count). The van der Waals surface area contributed by atoms with Gasteiger partial charge >= 0.3 is 0 Å². The maximum atomic E-state index is 12.0. The second-order valence-corrected chi connectivity index (χ2v) is 5.97. The maximum absolute atomic E-state index is 12.0. The van der Waals surface area contributed by atoms with E-state index in [9.17, 15) is 9.90 Å². The fourth-order valence-corrected chi connectivity index (χ4v) is 2.55. The van der Waals surface area contributed by atoms with Crippen LogP contribution >= 0.6 is 0 Å². The SMILES string of the molecule is CCOc1ccc(CCC(=O)NC(C)(CO)C2CC2)cc1. The third kappa shape index (κ3) is 4.46. The van der Waals surface area contributed by atoms with Gasteiger partial charge in [0.2, 0.25) is 5.91 Å². The monoisotopic (exact) mass is 291 g/mol. The van der Waals surface area contributed by atoms with Gasteiger partial charge in [0.15, 0.2) is 0 Å². The molecule has 1 amide bonds. The summed E-state index contributed by atoms with van der Waals surface area (Å²) < 4.78 is 5.39. The van der Waals surface area contributed by atoms with E-state index in [0.717, 1.165) is 24.2 Å². The molecule has 116 valence electrons. The molecule has 0 aromatic heterocycles. The first-order chi connectivity index (χ1) is 10.1. The van der Waals surface area contributed by atoms with Crippen molar-refractivity contribution in [1.82, 2.24) is 5.32 Å². The van der Waals surface area contributed by atoms with Gasteiger partial charge in [-0.1, -0.05) is 12.1 Å². The van der Waals surface area contributed by atoms with Crippen LogP contribution in [0.5, 0.6) is 5.75 Å². The summed E-state index contributed by atoms with van der Waals surface area (Å²) in [5.74, 6) is 1.29. The van der Waals surface area contributed by atoms with E-state index in [-0.39, 0.29) is 12.5 Å². The number of carbonyl (C=O) groups is 1. The highest BCUT2D eigenvalue weighted by molar-refractivity contribution is 5.77. The number of aryl methyl sites for hydroxylation is 1. The average Bonchev–Trinajstić information content (AvgIpc) is 3.32. The lowest BCUT2D eigenvalue weighted by molar-refractivity contribution is -0.123. The van der Waals surface area contributed by atoms with Crippen LogP contribution in [0.25, 0.3) is 0 Å². The second-order valence-electron chi connectivity index (χ2n) is 5.97. The average molecular weight is 291 g/mol.